The Morgan fingerprint density at radius 1 is 0.892 bits per heavy atom. The van der Waals surface area contributed by atoms with Gasteiger partial charge in [-0.05, 0) is 105 Å². The first kappa shape index (κ1) is 45.2. The van der Waals surface area contributed by atoms with Crippen molar-refractivity contribution in [1.29, 1.82) is 0 Å². The lowest BCUT2D eigenvalue weighted by molar-refractivity contribution is -0.136. The van der Waals surface area contributed by atoms with Gasteiger partial charge in [0.1, 0.15) is 11.1 Å². The first-order chi connectivity index (χ1) is 31.6. The molecule has 4 heterocycles. The number of amides is 5. The molecular weight excluding hydrogens is 846 g/mol. The van der Waals surface area contributed by atoms with Crippen LogP contribution in [0.2, 0.25) is 5.02 Å². The van der Waals surface area contributed by atoms with Crippen molar-refractivity contribution in [3.8, 4) is 11.8 Å². The number of benzene rings is 3. The highest BCUT2D eigenvalue weighted by atomic mass is 35.5. The summed E-state index contributed by atoms with van der Waals surface area (Å²) in [5.74, 6) is 6.47. The van der Waals surface area contributed by atoms with Crippen molar-refractivity contribution in [3.05, 3.63) is 106 Å². The number of Topliss-reactive ketones (excluding diaryl/α,β-unsaturated/α-hetero) is 1. The third-order valence-corrected chi connectivity index (χ3v) is 12.9. The molecule has 8 rings (SSSR count). The summed E-state index contributed by atoms with van der Waals surface area (Å²) in [5.41, 5.74) is 5.36. The van der Waals surface area contributed by atoms with Crippen molar-refractivity contribution in [3.63, 3.8) is 0 Å². The second kappa shape index (κ2) is 21.1. The van der Waals surface area contributed by atoms with Crippen LogP contribution in [0.5, 0.6) is 0 Å². The Labute approximate surface area is 383 Å². The molecule has 0 radical (unpaired) electrons. The van der Waals surface area contributed by atoms with Crippen molar-refractivity contribution in [2.75, 3.05) is 43.5 Å². The fourth-order valence-corrected chi connectivity index (χ4v) is 9.19. The number of nitrogens with one attached hydrogen (secondary N) is 5. The number of hydrogen-bond acceptors (Lipinski definition) is 11. The van der Waals surface area contributed by atoms with Crippen LogP contribution >= 0.6 is 11.6 Å². The SMILES string of the molecule is CC(=O)c1ccccc1Nc1nc(Nc2ccc(C3CCN(C(=O)NC4CCC(NCCOCCC#Cc5cccc6c5CN(C5CCC(=O)NC5=O)C6=O)CC4)CC3)cc2)ncc1Cl. The summed E-state index contributed by atoms with van der Waals surface area (Å²) in [4.78, 5) is 74.8. The van der Waals surface area contributed by atoms with E-state index in [1.165, 1.54) is 18.7 Å². The summed E-state index contributed by atoms with van der Waals surface area (Å²) in [7, 11) is 0. The minimum Gasteiger partial charge on any atom is -0.379 e. The van der Waals surface area contributed by atoms with Gasteiger partial charge in [-0.2, -0.15) is 4.98 Å². The number of urea groups is 1. The van der Waals surface area contributed by atoms with E-state index in [9.17, 15) is 24.0 Å². The van der Waals surface area contributed by atoms with Gasteiger partial charge in [-0.25, -0.2) is 9.78 Å². The lowest BCUT2D eigenvalue weighted by Gasteiger charge is -2.35. The zero-order chi connectivity index (χ0) is 45.3. The number of rotatable bonds is 14. The van der Waals surface area contributed by atoms with Crippen molar-refractivity contribution >= 4 is 64.3 Å². The van der Waals surface area contributed by atoms with Crippen LogP contribution in [0.1, 0.15) is 108 Å². The summed E-state index contributed by atoms with van der Waals surface area (Å²) in [6.45, 7) is 5.04. The van der Waals surface area contributed by atoms with Gasteiger partial charge in [-0.3, -0.25) is 24.5 Å². The fourth-order valence-electron chi connectivity index (χ4n) is 9.05. The first-order valence-corrected chi connectivity index (χ1v) is 22.9. The number of hydrogen-bond donors (Lipinski definition) is 5. The molecule has 15 nitrogen and oxygen atoms in total. The summed E-state index contributed by atoms with van der Waals surface area (Å²) in [5, 5.41) is 16.0. The van der Waals surface area contributed by atoms with Crippen LogP contribution in [0.25, 0.3) is 0 Å². The molecule has 1 atom stereocenters. The van der Waals surface area contributed by atoms with Crippen LogP contribution in [-0.2, 0) is 20.9 Å². The largest absolute Gasteiger partial charge is 0.379 e. The van der Waals surface area contributed by atoms with Gasteiger partial charge in [0.15, 0.2) is 11.6 Å². The molecule has 4 aliphatic rings. The number of nitrogens with zero attached hydrogens (tertiary/aromatic N) is 4. The van der Waals surface area contributed by atoms with Crippen LogP contribution in [0, 0.1) is 11.8 Å². The van der Waals surface area contributed by atoms with Crippen molar-refractivity contribution < 1.29 is 28.7 Å². The third-order valence-electron chi connectivity index (χ3n) is 12.6. The molecule has 1 aliphatic carbocycles. The van der Waals surface area contributed by atoms with Gasteiger partial charge in [0.05, 0.1) is 25.1 Å². The minimum absolute atomic E-state index is 0.0249. The maximum absolute atomic E-state index is 13.2. The van der Waals surface area contributed by atoms with E-state index >= 15 is 0 Å². The molecule has 0 spiro atoms. The Balaban J connectivity index is 0.694. The molecule has 3 fully saturated rings. The average Bonchev–Trinajstić information content (AvgIpc) is 3.65. The van der Waals surface area contributed by atoms with Gasteiger partial charge in [0.25, 0.3) is 5.91 Å². The van der Waals surface area contributed by atoms with Crippen LogP contribution < -0.4 is 26.6 Å². The molecule has 65 heavy (non-hydrogen) atoms. The monoisotopic (exact) mass is 899 g/mol. The molecule has 5 amide bonds. The lowest BCUT2D eigenvalue weighted by atomic mass is 9.89. The predicted molar refractivity (Wildman–Crippen MR) is 247 cm³/mol. The molecule has 16 heteroatoms. The molecule has 4 aromatic rings. The van der Waals surface area contributed by atoms with Gasteiger partial charge in [-0.1, -0.05) is 53.8 Å². The Kier molecular flexibility index (Phi) is 14.7. The zero-order valence-electron chi connectivity index (χ0n) is 36.5. The number of aromatic nitrogens is 2. The molecule has 0 bridgehead atoms. The number of likely N-dealkylation sites (tertiary alicyclic amines) is 1. The van der Waals surface area contributed by atoms with Gasteiger partial charge in [0, 0.05) is 73.5 Å². The van der Waals surface area contributed by atoms with E-state index in [1.807, 2.05) is 35.2 Å². The van der Waals surface area contributed by atoms with Crippen molar-refractivity contribution in [2.45, 2.75) is 95.3 Å². The highest BCUT2D eigenvalue weighted by Gasteiger charge is 2.39. The van der Waals surface area contributed by atoms with Crippen molar-refractivity contribution in [1.82, 2.24) is 35.7 Å². The maximum Gasteiger partial charge on any atom is 0.317 e. The Bertz CT molecular complexity index is 2470. The van der Waals surface area contributed by atoms with E-state index in [2.05, 4.69) is 60.5 Å². The number of carbonyl (C=O) groups excluding carboxylic acids is 5. The average molecular weight is 900 g/mol. The first-order valence-electron chi connectivity index (χ1n) is 22.5. The number of anilines is 4. The normalized spacial score (nSPS) is 19.8. The second-order valence-corrected chi connectivity index (χ2v) is 17.4. The van der Waals surface area contributed by atoms with Gasteiger partial charge < -0.3 is 35.8 Å². The Morgan fingerprint density at radius 2 is 1.66 bits per heavy atom. The van der Waals surface area contributed by atoms with E-state index in [1.54, 1.807) is 29.2 Å². The summed E-state index contributed by atoms with van der Waals surface area (Å²) >= 11 is 6.39. The number of fused-ring (bicyclic) bond motifs is 1. The standard InChI is InChI=1S/C49H54ClN9O6/c1-31(60)38-9-2-3-11-42(38)55-45-41(50)29-52-48(57-45)53-36-14-12-32(13-15-36)33-22-25-58(26-23-33)49(64)54-37-18-16-35(17-19-37)51-24-28-65-27-5-4-7-34-8-6-10-39-40(34)30-59(47(39)63)43-20-21-44(61)56-46(43)62/h2-3,6,8-15,29,33,35,37,43,51H,5,16-28,30H2,1H3,(H,54,64)(H,56,61,62)(H2,52,53,55,57). The second-order valence-electron chi connectivity index (χ2n) is 17.0. The molecule has 5 N–H and O–H groups in total. The minimum atomic E-state index is -0.652. The smallest absolute Gasteiger partial charge is 0.317 e. The molecule has 2 saturated heterocycles. The van der Waals surface area contributed by atoms with E-state index < -0.39 is 11.9 Å². The lowest BCUT2D eigenvalue weighted by Crippen LogP contribution is -2.52. The number of halogens is 1. The predicted octanol–water partition coefficient (Wildman–Crippen LogP) is 6.83. The topological polar surface area (TPSA) is 187 Å². The molecule has 1 aromatic heterocycles. The number of para-hydroxylation sites is 1. The molecule has 1 saturated carbocycles. The van der Waals surface area contributed by atoms with Gasteiger partial charge >= 0.3 is 6.03 Å². The summed E-state index contributed by atoms with van der Waals surface area (Å²) in [6.07, 6.45) is 8.25. The van der Waals surface area contributed by atoms with E-state index in [0.717, 1.165) is 61.9 Å². The molecular formula is C49H54ClN9O6. The Hall–Kier alpha value is -6.34. The quantitative estimate of drug-likeness (QED) is 0.0387. The summed E-state index contributed by atoms with van der Waals surface area (Å²) < 4.78 is 5.84. The van der Waals surface area contributed by atoms with Gasteiger partial charge in [0.2, 0.25) is 17.8 Å². The zero-order valence-corrected chi connectivity index (χ0v) is 37.2. The molecule has 3 aliphatic heterocycles. The van der Waals surface area contributed by atoms with Crippen LogP contribution in [0.3, 0.4) is 0 Å². The highest BCUT2D eigenvalue weighted by molar-refractivity contribution is 6.33. The number of carbonyl (C=O) groups is 5. The fraction of sp³-hybridized carbons (Fsp3) is 0.408. The number of ether oxygens (including phenoxy) is 1. The maximum atomic E-state index is 13.2. The van der Waals surface area contributed by atoms with Crippen LogP contribution in [-0.4, -0.2) is 100 Å². The highest BCUT2D eigenvalue weighted by Crippen LogP contribution is 2.32. The molecule has 338 valence electrons. The van der Waals surface area contributed by atoms with Crippen LogP contribution in [0.15, 0.2) is 72.9 Å². The number of imide groups is 1. The third kappa shape index (κ3) is 11.3. The van der Waals surface area contributed by atoms with Gasteiger partial charge in [-0.15, -0.1) is 0 Å². The molecule has 1 unspecified atom stereocenters. The number of ketones is 1. The molecule has 3 aromatic carbocycles. The van der Waals surface area contributed by atoms with Crippen molar-refractivity contribution in [2.24, 2.45) is 0 Å². The van der Waals surface area contributed by atoms with E-state index in [0.29, 0.717) is 91.3 Å². The van der Waals surface area contributed by atoms with E-state index in [-0.39, 0.29) is 36.1 Å². The number of piperidine rings is 2. The van der Waals surface area contributed by atoms with E-state index in [4.69, 9.17) is 16.3 Å². The van der Waals surface area contributed by atoms with Crippen LogP contribution in [0.4, 0.5) is 27.9 Å². The Morgan fingerprint density at radius 3 is 2.43 bits per heavy atom. The summed E-state index contributed by atoms with van der Waals surface area (Å²) in [6, 6.07) is 20.8.